The summed E-state index contributed by atoms with van der Waals surface area (Å²) in [4.78, 5) is 0. The lowest BCUT2D eigenvalue weighted by Gasteiger charge is -2.17. The molecular formula is C16H16BrFO. The summed E-state index contributed by atoms with van der Waals surface area (Å²) in [6, 6.07) is 10.8. The van der Waals surface area contributed by atoms with Crippen LogP contribution in [0.15, 0.2) is 40.9 Å². The van der Waals surface area contributed by atoms with E-state index in [2.05, 4.69) is 15.9 Å². The van der Waals surface area contributed by atoms with Crippen molar-refractivity contribution in [2.24, 2.45) is 0 Å². The molecule has 0 radical (unpaired) electrons. The van der Waals surface area contributed by atoms with Crippen LogP contribution in [0.3, 0.4) is 0 Å². The second-order valence-electron chi connectivity index (χ2n) is 4.80. The summed E-state index contributed by atoms with van der Waals surface area (Å²) in [5.41, 5.74) is 3.47. The van der Waals surface area contributed by atoms with Crippen molar-refractivity contribution in [1.82, 2.24) is 0 Å². The standard InChI is InChI=1S/C16H16BrFO/c1-10-7-14(18)8-11(2)16(10)15(19)9-12-3-5-13(17)6-4-12/h3-8,15,19H,9H2,1-2H3. The molecule has 0 saturated heterocycles. The SMILES string of the molecule is Cc1cc(F)cc(C)c1C(O)Cc1ccc(Br)cc1. The van der Waals surface area contributed by atoms with Crippen LogP contribution in [0.4, 0.5) is 4.39 Å². The van der Waals surface area contributed by atoms with E-state index in [1.807, 2.05) is 38.1 Å². The molecular weight excluding hydrogens is 307 g/mol. The first-order valence-electron chi connectivity index (χ1n) is 6.16. The van der Waals surface area contributed by atoms with E-state index >= 15 is 0 Å². The normalized spacial score (nSPS) is 12.5. The van der Waals surface area contributed by atoms with Gasteiger partial charge in [0.05, 0.1) is 6.10 Å². The monoisotopic (exact) mass is 322 g/mol. The lowest BCUT2D eigenvalue weighted by atomic mass is 9.94. The van der Waals surface area contributed by atoms with Crippen molar-refractivity contribution in [2.45, 2.75) is 26.4 Å². The van der Waals surface area contributed by atoms with Crippen LogP contribution in [0.2, 0.25) is 0 Å². The fourth-order valence-corrected chi connectivity index (χ4v) is 2.66. The summed E-state index contributed by atoms with van der Waals surface area (Å²) >= 11 is 3.38. The predicted octanol–water partition coefficient (Wildman–Crippen LogP) is 4.48. The highest BCUT2D eigenvalue weighted by Crippen LogP contribution is 2.26. The largest absolute Gasteiger partial charge is 0.388 e. The molecule has 1 nitrogen and oxygen atoms in total. The Morgan fingerprint density at radius 3 is 2.16 bits per heavy atom. The third-order valence-corrected chi connectivity index (χ3v) is 3.76. The van der Waals surface area contributed by atoms with Gasteiger partial charge in [0.25, 0.3) is 0 Å². The van der Waals surface area contributed by atoms with Crippen molar-refractivity contribution in [1.29, 1.82) is 0 Å². The van der Waals surface area contributed by atoms with E-state index < -0.39 is 6.10 Å². The van der Waals surface area contributed by atoms with E-state index in [-0.39, 0.29) is 5.82 Å². The Kier molecular flexibility index (Phi) is 4.38. The lowest BCUT2D eigenvalue weighted by molar-refractivity contribution is 0.177. The van der Waals surface area contributed by atoms with E-state index in [1.165, 1.54) is 12.1 Å². The molecule has 1 atom stereocenters. The average Bonchev–Trinajstić information content (AvgIpc) is 2.30. The number of benzene rings is 2. The van der Waals surface area contributed by atoms with Crippen molar-refractivity contribution in [2.75, 3.05) is 0 Å². The fraction of sp³-hybridized carbons (Fsp3) is 0.250. The van der Waals surface area contributed by atoms with Gasteiger partial charge in [-0.05, 0) is 60.4 Å². The Labute approximate surface area is 121 Å². The smallest absolute Gasteiger partial charge is 0.123 e. The molecule has 0 bridgehead atoms. The molecule has 2 aromatic carbocycles. The van der Waals surface area contributed by atoms with Gasteiger partial charge in [-0.1, -0.05) is 28.1 Å². The molecule has 1 N–H and O–H groups in total. The molecule has 2 aromatic rings. The maximum Gasteiger partial charge on any atom is 0.123 e. The van der Waals surface area contributed by atoms with Gasteiger partial charge in [0.2, 0.25) is 0 Å². The van der Waals surface area contributed by atoms with Crippen LogP contribution in [0.1, 0.15) is 28.4 Å². The lowest BCUT2D eigenvalue weighted by Crippen LogP contribution is -2.06. The van der Waals surface area contributed by atoms with Gasteiger partial charge in [-0.15, -0.1) is 0 Å². The molecule has 0 aromatic heterocycles. The molecule has 0 amide bonds. The fourth-order valence-electron chi connectivity index (χ4n) is 2.39. The molecule has 0 aliphatic heterocycles. The van der Waals surface area contributed by atoms with Crippen LogP contribution >= 0.6 is 15.9 Å². The topological polar surface area (TPSA) is 20.2 Å². The minimum Gasteiger partial charge on any atom is -0.388 e. The predicted molar refractivity (Wildman–Crippen MR) is 78.7 cm³/mol. The summed E-state index contributed by atoms with van der Waals surface area (Å²) < 4.78 is 14.3. The zero-order valence-corrected chi connectivity index (χ0v) is 12.5. The summed E-state index contributed by atoms with van der Waals surface area (Å²) in [5.74, 6) is -0.255. The highest BCUT2D eigenvalue weighted by Gasteiger charge is 2.15. The van der Waals surface area contributed by atoms with Crippen molar-refractivity contribution >= 4 is 15.9 Å². The van der Waals surface area contributed by atoms with E-state index in [9.17, 15) is 9.50 Å². The average molecular weight is 323 g/mol. The molecule has 3 heteroatoms. The van der Waals surface area contributed by atoms with Gasteiger partial charge < -0.3 is 5.11 Å². The number of hydrogen-bond acceptors (Lipinski definition) is 1. The number of aryl methyl sites for hydroxylation is 2. The van der Waals surface area contributed by atoms with Crippen molar-refractivity contribution in [3.8, 4) is 0 Å². The molecule has 0 aliphatic carbocycles. The number of hydrogen-bond donors (Lipinski definition) is 1. The highest BCUT2D eigenvalue weighted by atomic mass is 79.9. The van der Waals surface area contributed by atoms with Crippen LogP contribution in [-0.4, -0.2) is 5.11 Å². The molecule has 0 aliphatic rings. The van der Waals surface area contributed by atoms with Crippen LogP contribution in [0.25, 0.3) is 0 Å². The minimum atomic E-state index is -0.609. The highest BCUT2D eigenvalue weighted by molar-refractivity contribution is 9.10. The molecule has 0 spiro atoms. The molecule has 2 rings (SSSR count). The van der Waals surface area contributed by atoms with Gasteiger partial charge in [0.1, 0.15) is 5.82 Å². The number of aliphatic hydroxyl groups excluding tert-OH is 1. The van der Waals surface area contributed by atoms with Crippen molar-refractivity contribution < 1.29 is 9.50 Å². The van der Waals surface area contributed by atoms with E-state index in [0.29, 0.717) is 6.42 Å². The number of halogens is 2. The van der Waals surface area contributed by atoms with Crippen molar-refractivity contribution in [3.63, 3.8) is 0 Å². The molecule has 19 heavy (non-hydrogen) atoms. The summed E-state index contributed by atoms with van der Waals surface area (Å²) in [5, 5.41) is 10.4. The van der Waals surface area contributed by atoms with Gasteiger partial charge in [0, 0.05) is 10.9 Å². The van der Waals surface area contributed by atoms with Crippen LogP contribution in [-0.2, 0) is 6.42 Å². The van der Waals surface area contributed by atoms with E-state index in [0.717, 1.165) is 26.7 Å². The first kappa shape index (κ1) is 14.2. The number of rotatable bonds is 3. The maximum atomic E-state index is 13.3. The molecule has 0 fully saturated rings. The van der Waals surface area contributed by atoms with Gasteiger partial charge in [-0.25, -0.2) is 4.39 Å². The van der Waals surface area contributed by atoms with Crippen LogP contribution in [0, 0.1) is 19.7 Å². The molecule has 0 saturated carbocycles. The zero-order chi connectivity index (χ0) is 14.0. The third-order valence-electron chi connectivity index (χ3n) is 3.23. The van der Waals surface area contributed by atoms with Gasteiger partial charge in [-0.3, -0.25) is 0 Å². The Morgan fingerprint density at radius 1 is 1.11 bits per heavy atom. The molecule has 1 unspecified atom stereocenters. The molecule has 100 valence electrons. The van der Waals surface area contributed by atoms with Gasteiger partial charge in [-0.2, -0.15) is 0 Å². The first-order chi connectivity index (χ1) is 8.97. The Balaban J connectivity index is 2.25. The Morgan fingerprint density at radius 2 is 1.63 bits per heavy atom. The molecule has 0 heterocycles. The summed E-state index contributed by atoms with van der Waals surface area (Å²) in [6.07, 6.45) is -0.0811. The second kappa shape index (κ2) is 5.85. The minimum absolute atomic E-state index is 0.255. The van der Waals surface area contributed by atoms with Gasteiger partial charge >= 0.3 is 0 Å². The maximum absolute atomic E-state index is 13.3. The zero-order valence-electron chi connectivity index (χ0n) is 11.0. The Bertz CT molecular complexity index is 555. The van der Waals surface area contributed by atoms with E-state index in [1.54, 1.807) is 0 Å². The quantitative estimate of drug-likeness (QED) is 0.883. The summed E-state index contributed by atoms with van der Waals surface area (Å²) in [6.45, 7) is 3.66. The van der Waals surface area contributed by atoms with Crippen LogP contribution < -0.4 is 0 Å². The Hall–Kier alpha value is -1.19. The van der Waals surface area contributed by atoms with Crippen LogP contribution in [0.5, 0.6) is 0 Å². The second-order valence-corrected chi connectivity index (χ2v) is 5.72. The summed E-state index contributed by atoms with van der Waals surface area (Å²) in [7, 11) is 0. The first-order valence-corrected chi connectivity index (χ1v) is 6.96. The van der Waals surface area contributed by atoms with Crippen molar-refractivity contribution in [3.05, 3.63) is 68.9 Å². The van der Waals surface area contributed by atoms with Gasteiger partial charge in [0.15, 0.2) is 0 Å². The number of aliphatic hydroxyl groups is 1. The van der Waals surface area contributed by atoms with E-state index in [4.69, 9.17) is 0 Å². The third kappa shape index (κ3) is 3.43.